The number of benzene rings is 1. The summed E-state index contributed by atoms with van der Waals surface area (Å²) in [6.45, 7) is 4.07. The molecule has 0 bridgehead atoms. The van der Waals surface area contributed by atoms with Crippen LogP contribution in [-0.4, -0.2) is 28.1 Å². The fourth-order valence-corrected chi connectivity index (χ4v) is 3.68. The number of nitrogens with one attached hydrogen (secondary N) is 2. The molecule has 19 heavy (non-hydrogen) atoms. The highest BCUT2D eigenvalue weighted by atomic mass is 35.5. The molecule has 1 aliphatic rings. The summed E-state index contributed by atoms with van der Waals surface area (Å²) in [4.78, 5) is 0.304. The zero-order valence-electron chi connectivity index (χ0n) is 10.6. The van der Waals surface area contributed by atoms with Crippen molar-refractivity contribution in [1.82, 2.24) is 10.0 Å². The molecule has 0 amide bonds. The van der Waals surface area contributed by atoms with Gasteiger partial charge in [-0.15, -0.1) is 12.4 Å². The van der Waals surface area contributed by atoms with E-state index in [1.165, 1.54) is 0 Å². The Labute approximate surface area is 125 Å². The van der Waals surface area contributed by atoms with E-state index in [-0.39, 0.29) is 12.4 Å². The third-order valence-corrected chi connectivity index (χ3v) is 4.97. The van der Waals surface area contributed by atoms with Crippen LogP contribution in [0.4, 0.5) is 0 Å². The second kappa shape index (κ2) is 6.90. The molecule has 0 aliphatic carbocycles. The Bertz CT molecular complexity index is 529. The average molecular weight is 325 g/mol. The summed E-state index contributed by atoms with van der Waals surface area (Å²) in [6.07, 6.45) is 1.02. The zero-order valence-corrected chi connectivity index (χ0v) is 13.0. The first-order valence-electron chi connectivity index (χ1n) is 5.95. The Morgan fingerprint density at radius 3 is 2.79 bits per heavy atom. The third-order valence-electron chi connectivity index (χ3n) is 3.15. The van der Waals surface area contributed by atoms with Crippen molar-refractivity contribution in [3.05, 3.63) is 28.8 Å². The molecule has 0 aromatic heterocycles. The Hall–Kier alpha value is -0.330. The van der Waals surface area contributed by atoms with E-state index in [0.717, 1.165) is 19.5 Å². The fourth-order valence-electron chi connectivity index (χ4n) is 2.11. The number of hydrogen-bond acceptors (Lipinski definition) is 3. The van der Waals surface area contributed by atoms with E-state index in [0.29, 0.717) is 27.9 Å². The molecule has 1 fully saturated rings. The van der Waals surface area contributed by atoms with Gasteiger partial charge in [0.1, 0.15) is 0 Å². The minimum atomic E-state index is -3.43. The number of aryl methyl sites for hydroxylation is 1. The molecule has 1 atom stereocenters. The number of halogens is 2. The smallest absolute Gasteiger partial charge is 0.240 e. The quantitative estimate of drug-likeness (QED) is 0.890. The maximum Gasteiger partial charge on any atom is 0.240 e. The van der Waals surface area contributed by atoms with Gasteiger partial charge < -0.3 is 5.32 Å². The van der Waals surface area contributed by atoms with Crippen LogP contribution in [0.15, 0.2) is 23.1 Å². The Kier molecular flexibility index (Phi) is 6.08. The van der Waals surface area contributed by atoms with Crippen molar-refractivity contribution in [3.63, 3.8) is 0 Å². The maximum atomic E-state index is 12.1. The first-order chi connectivity index (χ1) is 8.49. The lowest BCUT2D eigenvalue weighted by atomic mass is 10.1. The molecular weight excluding hydrogens is 307 g/mol. The summed E-state index contributed by atoms with van der Waals surface area (Å²) in [6, 6.07) is 4.81. The highest BCUT2D eigenvalue weighted by Gasteiger charge is 2.20. The molecule has 2 rings (SSSR count). The van der Waals surface area contributed by atoms with Gasteiger partial charge in [-0.1, -0.05) is 11.6 Å². The topological polar surface area (TPSA) is 58.2 Å². The Morgan fingerprint density at radius 1 is 1.47 bits per heavy atom. The molecule has 1 unspecified atom stereocenters. The van der Waals surface area contributed by atoms with Crippen molar-refractivity contribution in [2.45, 2.75) is 18.2 Å². The molecule has 4 nitrogen and oxygen atoms in total. The molecule has 1 heterocycles. The van der Waals surface area contributed by atoms with Gasteiger partial charge in [0.15, 0.2) is 0 Å². The van der Waals surface area contributed by atoms with Gasteiger partial charge in [-0.25, -0.2) is 13.1 Å². The molecule has 1 aromatic carbocycles. The standard InChI is InChI=1S/C12H17ClN2O2S.ClH/c1-9-6-11(13)2-3-12(9)18(16,17)15-8-10-4-5-14-7-10;/h2-3,6,10,14-15H,4-5,7-8H2,1H3;1H. The van der Waals surface area contributed by atoms with Gasteiger partial charge in [-0.3, -0.25) is 0 Å². The summed E-state index contributed by atoms with van der Waals surface area (Å²) in [5.74, 6) is 0.382. The fraction of sp³-hybridized carbons (Fsp3) is 0.500. The van der Waals surface area contributed by atoms with Gasteiger partial charge >= 0.3 is 0 Å². The van der Waals surface area contributed by atoms with Gasteiger partial charge in [0, 0.05) is 11.6 Å². The third kappa shape index (κ3) is 4.33. The molecule has 108 valence electrons. The van der Waals surface area contributed by atoms with Crippen LogP contribution < -0.4 is 10.0 Å². The summed E-state index contributed by atoms with van der Waals surface area (Å²) < 4.78 is 27.0. The van der Waals surface area contributed by atoms with Crippen molar-refractivity contribution in [2.24, 2.45) is 5.92 Å². The van der Waals surface area contributed by atoms with E-state index in [9.17, 15) is 8.42 Å². The van der Waals surface area contributed by atoms with E-state index < -0.39 is 10.0 Å². The minimum absolute atomic E-state index is 0. The van der Waals surface area contributed by atoms with Gasteiger partial charge in [0.2, 0.25) is 10.0 Å². The van der Waals surface area contributed by atoms with Crippen LogP contribution in [0.1, 0.15) is 12.0 Å². The van der Waals surface area contributed by atoms with Crippen LogP contribution in [0.5, 0.6) is 0 Å². The maximum absolute atomic E-state index is 12.1. The normalized spacial score (nSPS) is 19.2. The van der Waals surface area contributed by atoms with Crippen molar-refractivity contribution >= 4 is 34.0 Å². The molecule has 0 spiro atoms. The van der Waals surface area contributed by atoms with E-state index in [1.807, 2.05) is 0 Å². The Balaban J connectivity index is 0.00000180. The molecule has 1 saturated heterocycles. The van der Waals surface area contributed by atoms with Gasteiger partial charge in [-0.2, -0.15) is 0 Å². The van der Waals surface area contributed by atoms with E-state index in [2.05, 4.69) is 10.0 Å². The lowest BCUT2D eigenvalue weighted by molar-refractivity contribution is 0.538. The molecule has 7 heteroatoms. The molecule has 0 saturated carbocycles. The zero-order chi connectivity index (χ0) is 13.2. The van der Waals surface area contributed by atoms with Crippen molar-refractivity contribution in [3.8, 4) is 0 Å². The lowest BCUT2D eigenvalue weighted by Crippen LogP contribution is -2.30. The molecule has 1 aromatic rings. The van der Waals surface area contributed by atoms with Gasteiger partial charge in [0.05, 0.1) is 4.90 Å². The van der Waals surface area contributed by atoms with Crippen molar-refractivity contribution < 1.29 is 8.42 Å². The van der Waals surface area contributed by atoms with Crippen LogP contribution in [0.3, 0.4) is 0 Å². The van der Waals surface area contributed by atoms with Gasteiger partial charge in [0.25, 0.3) is 0 Å². The van der Waals surface area contributed by atoms with Crippen LogP contribution in [0, 0.1) is 12.8 Å². The summed E-state index contributed by atoms with van der Waals surface area (Å²) in [5, 5.41) is 3.76. The second-order valence-corrected chi connectivity index (χ2v) is 6.79. The molecule has 1 aliphatic heterocycles. The summed E-state index contributed by atoms with van der Waals surface area (Å²) in [5.41, 5.74) is 0.666. The monoisotopic (exact) mass is 324 g/mol. The minimum Gasteiger partial charge on any atom is -0.316 e. The number of sulfonamides is 1. The predicted molar refractivity (Wildman–Crippen MR) is 79.6 cm³/mol. The number of rotatable bonds is 4. The first-order valence-corrected chi connectivity index (χ1v) is 7.82. The Morgan fingerprint density at radius 2 is 2.21 bits per heavy atom. The molecular formula is C12H18Cl2N2O2S. The van der Waals surface area contributed by atoms with Crippen LogP contribution in [0.25, 0.3) is 0 Å². The second-order valence-electron chi connectivity index (χ2n) is 4.62. The number of hydrogen-bond donors (Lipinski definition) is 2. The van der Waals surface area contributed by atoms with Crippen LogP contribution in [0.2, 0.25) is 5.02 Å². The highest BCUT2D eigenvalue weighted by molar-refractivity contribution is 7.89. The van der Waals surface area contributed by atoms with E-state index >= 15 is 0 Å². The van der Waals surface area contributed by atoms with Crippen LogP contribution >= 0.6 is 24.0 Å². The molecule has 0 radical (unpaired) electrons. The SMILES string of the molecule is Cc1cc(Cl)ccc1S(=O)(=O)NCC1CCNC1.Cl. The van der Waals surface area contributed by atoms with E-state index in [4.69, 9.17) is 11.6 Å². The largest absolute Gasteiger partial charge is 0.316 e. The van der Waals surface area contributed by atoms with E-state index in [1.54, 1.807) is 25.1 Å². The summed E-state index contributed by atoms with van der Waals surface area (Å²) in [7, 11) is -3.43. The van der Waals surface area contributed by atoms with Gasteiger partial charge in [-0.05, 0) is 56.1 Å². The lowest BCUT2D eigenvalue weighted by Gasteiger charge is -2.12. The van der Waals surface area contributed by atoms with Crippen molar-refractivity contribution in [1.29, 1.82) is 0 Å². The van der Waals surface area contributed by atoms with Crippen molar-refractivity contribution in [2.75, 3.05) is 19.6 Å². The first kappa shape index (κ1) is 16.7. The molecule has 2 N–H and O–H groups in total. The average Bonchev–Trinajstić information content (AvgIpc) is 2.78. The van der Waals surface area contributed by atoms with Crippen LogP contribution in [-0.2, 0) is 10.0 Å². The summed E-state index contributed by atoms with van der Waals surface area (Å²) >= 11 is 5.82. The highest BCUT2D eigenvalue weighted by Crippen LogP contribution is 2.19. The predicted octanol–water partition coefficient (Wildman–Crippen LogP) is 1.96.